The molecule has 40 heavy (non-hydrogen) atoms. The first-order chi connectivity index (χ1) is 19.4. The molecule has 0 spiro atoms. The third kappa shape index (κ3) is 6.48. The van der Waals surface area contributed by atoms with Crippen molar-refractivity contribution in [2.75, 3.05) is 27.4 Å². The van der Waals surface area contributed by atoms with Gasteiger partial charge >= 0.3 is 0 Å². The minimum Gasteiger partial charge on any atom is -0.497 e. The van der Waals surface area contributed by atoms with Gasteiger partial charge in [-0.05, 0) is 48.0 Å². The summed E-state index contributed by atoms with van der Waals surface area (Å²) in [5.74, 6) is 1.98. The van der Waals surface area contributed by atoms with Crippen LogP contribution in [0, 0.1) is 0 Å². The maximum absolute atomic E-state index is 14.0. The van der Waals surface area contributed by atoms with Crippen LogP contribution in [-0.2, 0) is 16.1 Å². The van der Waals surface area contributed by atoms with Crippen molar-refractivity contribution in [3.05, 3.63) is 101 Å². The van der Waals surface area contributed by atoms with Gasteiger partial charge in [0.2, 0.25) is 5.90 Å². The van der Waals surface area contributed by atoms with Crippen molar-refractivity contribution < 1.29 is 28.8 Å². The number of halogens is 1. The summed E-state index contributed by atoms with van der Waals surface area (Å²) < 4.78 is 23.7. The summed E-state index contributed by atoms with van der Waals surface area (Å²) in [7, 11) is 3.16. The Labute approximate surface area is 242 Å². The number of aliphatic hydroxyl groups is 1. The number of benzene rings is 3. The third-order valence-electron chi connectivity index (χ3n) is 6.54. The van der Waals surface area contributed by atoms with Crippen molar-refractivity contribution in [3.63, 3.8) is 0 Å². The van der Waals surface area contributed by atoms with Gasteiger partial charge < -0.3 is 29.4 Å². The fourth-order valence-electron chi connectivity index (χ4n) is 4.50. The number of rotatable bonds is 13. The van der Waals surface area contributed by atoms with Crippen molar-refractivity contribution in [2.24, 2.45) is 4.99 Å². The van der Waals surface area contributed by atoms with Crippen LogP contribution in [0.5, 0.6) is 17.2 Å². The van der Waals surface area contributed by atoms with E-state index in [-0.39, 0.29) is 25.5 Å². The van der Waals surface area contributed by atoms with Crippen LogP contribution in [0.1, 0.15) is 35.6 Å². The molecule has 0 saturated carbocycles. The van der Waals surface area contributed by atoms with E-state index in [4.69, 9.17) is 29.0 Å². The molecule has 0 saturated heterocycles. The van der Waals surface area contributed by atoms with Crippen molar-refractivity contribution in [1.82, 2.24) is 5.32 Å². The molecule has 2 N–H and O–H groups in total. The lowest BCUT2D eigenvalue weighted by atomic mass is 9.84. The van der Waals surface area contributed by atoms with Gasteiger partial charge in [-0.15, -0.1) is 6.58 Å². The minimum absolute atomic E-state index is 0.0674. The van der Waals surface area contributed by atoms with Gasteiger partial charge in [0.15, 0.2) is 11.6 Å². The second kappa shape index (κ2) is 13.5. The number of nitrogens with one attached hydrogen (secondary N) is 1. The van der Waals surface area contributed by atoms with Crippen LogP contribution < -0.4 is 19.5 Å². The number of aliphatic hydroxyl groups excluding tert-OH is 1. The topological polar surface area (TPSA) is 98.6 Å². The lowest BCUT2D eigenvalue weighted by Gasteiger charge is -2.30. The smallest absolute Gasteiger partial charge is 0.252 e. The van der Waals surface area contributed by atoms with Crippen LogP contribution in [0.4, 0.5) is 0 Å². The molecular formula is C31H33BrN2O6. The molecule has 0 aliphatic carbocycles. The molecule has 0 aromatic heterocycles. The molecule has 2 atom stereocenters. The van der Waals surface area contributed by atoms with E-state index in [2.05, 4.69) is 27.8 Å². The third-order valence-corrected chi connectivity index (χ3v) is 7.26. The molecule has 0 fully saturated rings. The zero-order valence-corrected chi connectivity index (χ0v) is 24.1. The number of nitrogens with zero attached hydrogens (tertiary/aromatic N) is 1. The van der Waals surface area contributed by atoms with Gasteiger partial charge in [0.05, 0.1) is 20.8 Å². The van der Waals surface area contributed by atoms with Crippen molar-refractivity contribution in [1.29, 1.82) is 0 Å². The van der Waals surface area contributed by atoms with E-state index in [1.807, 2.05) is 60.7 Å². The number of hydrogen-bond acceptors (Lipinski definition) is 7. The average Bonchev–Trinajstić information content (AvgIpc) is 3.36. The van der Waals surface area contributed by atoms with E-state index in [1.54, 1.807) is 26.4 Å². The molecule has 210 valence electrons. The van der Waals surface area contributed by atoms with E-state index in [9.17, 15) is 4.79 Å². The van der Waals surface area contributed by atoms with E-state index in [0.717, 1.165) is 15.6 Å². The second-order valence-electron chi connectivity index (χ2n) is 9.21. The summed E-state index contributed by atoms with van der Waals surface area (Å²) in [5, 5.41) is 12.0. The molecule has 3 aromatic rings. The van der Waals surface area contributed by atoms with Crippen LogP contribution in [0.2, 0.25) is 0 Å². The molecule has 1 aliphatic heterocycles. The van der Waals surface area contributed by atoms with Gasteiger partial charge in [-0.25, -0.2) is 4.99 Å². The first kappa shape index (κ1) is 29.2. The Morgan fingerprint density at radius 1 is 1.10 bits per heavy atom. The zero-order chi connectivity index (χ0) is 28.5. The number of ether oxygens (including phenoxy) is 4. The largest absolute Gasteiger partial charge is 0.497 e. The summed E-state index contributed by atoms with van der Waals surface area (Å²) in [4.78, 5) is 19.0. The predicted molar refractivity (Wildman–Crippen MR) is 157 cm³/mol. The monoisotopic (exact) mass is 608 g/mol. The molecule has 0 bridgehead atoms. The Kier molecular flexibility index (Phi) is 9.84. The number of carbonyl (C=O) groups excluding carboxylic acids is 1. The number of amides is 1. The normalized spacial score (nSPS) is 17.9. The molecule has 3 aromatic carbocycles. The summed E-state index contributed by atoms with van der Waals surface area (Å²) >= 11 is 3.63. The van der Waals surface area contributed by atoms with Gasteiger partial charge in [0.1, 0.15) is 17.2 Å². The Bertz CT molecular complexity index is 1340. The van der Waals surface area contributed by atoms with E-state index < -0.39 is 11.6 Å². The lowest BCUT2D eigenvalue weighted by molar-refractivity contribution is -0.129. The minimum atomic E-state index is -1.31. The van der Waals surface area contributed by atoms with E-state index in [0.29, 0.717) is 41.7 Å². The first-order valence-electron chi connectivity index (χ1n) is 12.9. The Morgan fingerprint density at radius 2 is 1.80 bits per heavy atom. The highest BCUT2D eigenvalue weighted by Crippen LogP contribution is 2.44. The zero-order valence-electron chi connectivity index (χ0n) is 22.6. The van der Waals surface area contributed by atoms with Crippen molar-refractivity contribution >= 4 is 27.7 Å². The van der Waals surface area contributed by atoms with Gasteiger partial charge in [-0.3, -0.25) is 4.79 Å². The maximum atomic E-state index is 14.0. The quantitative estimate of drug-likeness (QED) is 0.200. The highest BCUT2D eigenvalue weighted by Gasteiger charge is 2.52. The van der Waals surface area contributed by atoms with Crippen molar-refractivity contribution in [2.45, 2.75) is 31.0 Å². The van der Waals surface area contributed by atoms with Crippen LogP contribution in [0.25, 0.3) is 0 Å². The summed E-state index contributed by atoms with van der Waals surface area (Å²) in [6, 6.07) is 20.4. The van der Waals surface area contributed by atoms with Gasteiger partial charge in [0.25, 0.3) is 5.91 Å². The van der Waals surface area contributed by atoms with Crippen LogP contribution in [0.3, 0.4) is 0 Å². The fourth-order valence-corrected chi connectivity index (χ4v) is 5.00. The number of carbonyl (C=O) groups is 1. The average molecular weight is 610 g/mol. The van der Waals surface area contributed by atoms with Crippen LogP contribution in [-0.4, -0.2) is 49.9 Å². The van der Waals surface area contributed by atoms with Crippen molar-refractivity contribution in [3.8, 4) is 17.2 Å². The lowest BCUT2D eigenvalue weighted by Crippen LogP contribution is -2.47. The molecule has 0 radical (unpaired) electrons. The molecule has 0 unspecified atom stereocenters. The summed E-state index contributed by atoms with van der Waals surface area (Å²) in [5.41, 5.74) is 1.02. The molecule has 1 heterocycles. The Hall–Kier alpha value is -3.82. The van der Waals surface area contributed by atoms with Crippen LogP contribution >= 0.6 is 15.9 Å². The van der Waals surface area contributed by atoms with Gasteiger partial charge in [-0.1, -0.05) is 40.2 Å². The standard InChI is InChI=1S/C31H33BrN2O6/c1-4-14-31(30(36)33-20-21-17-24(37-2)19-25(18-21)38-3)28(26-8-5-6-9-27(26)32)40-29(34-31)22-10-12-23(13-11-22)39-16-7-15-35/h4-6,8-13,17-19,28,35H,1,7,14-16,20H2,2-3H3,(H,33,36)/t28-,31-/m1/s1. The molecule has 1 aliphatic rings. The molecule has 8 nitrogen and oxygen atoms in total. The SMILES string of the molecule is C=CC[C@@]1(C(=O)NCc2cc(OC)cc(OC)c2)N=C(c2ccc(OCCCO)cc2)O[C@@H]1c1ccccc1Br. The second-order valence-corrected chi connectivity index (χ2v) is 10.1. The first-order valence-corrected chi connectivity index (χ1v) is 13.7. The maximum Gasteiger partial charge on any atom is 0.252 e. The summed E-state index contributed by atoms with van der Waals surface area (Å²) in [6.45, 7) is 4.64. The Balaban J connectivity index is 1.68. The number of methoxy groups -OCH3 is 2. The fraction of sp³-hybridized carbons (Fsp3) is 0.290. The Morgan fingerprint density at radius 3 is 2.42 bits per heavy atom. The van der Waals surface area contributed by atoms with E-state index in [1.165, 1.54) is 0 Å². The van der Waals surface area contributed by atoms with Gasteiger partial charge in [0, 0.05) is 47.7 Å². The number of aliphatic imine (C=N–C) groups is 1. The van der Waals surface area contributed by atoms with E-state index >= 15 is 0 Å². The molecule has 9 heteroatoms. The van der Waals surface area contributed by atoms with Crippen LogP contribution in [0.15, 0.2) is 88.9 Å². The highest BCUT2D eigenvalue weighted by atomic mass is 79.9. The predicted octanol–water partition coefficient (Wildman–Crippen LogP) is 5.38. The van der Waals surface area contributed by atoms with Gasteiger partial charge in [-0.2, -0.15) is 0 Å². The molecule has 4 rings (SSSR count). The highest BCUT2D eigenvalue weighted by molar-refractivity contribution is 9.10. The summed E-state index contributed by atoms with van der Waals surface area (Å²) in [6.07, 6.45) is 1.77. The molecular weight excluding hydrogens is 576 g/mol. The number of hydrogen-bond donors (Lipinski definition) is 2. The molecule has 1 amide bonds.